The molecule has 0 fully saturated rings. The molecule has 0 saturated heterocycles. The smallest absolute Gasteiger partial charge is 0.391 e. The lowest BCUT2D eigenvalue weighted by Gasteiger charge is -2.35. The van der Waals surface area contributed by atoms with Crippen LogP contribution in [0.3, 0.4) is 0 Å². The number of primary amides is 1. The summed E-state index contributed by atoms with van der Waals surface area (Å²) in [4.78, 5) is 40.2. The lowest BCUT2D eigenvalue weighted by atomic mass is 9.84. The van der Waals surface area contributed by atoms with Crippen molar-refractivity contribution in [3.63, 3.8) is 0 Å². The molecule has 2 aromatic carbocycles. The summed E-state index contributed by atoms with van der Waals surface area (Å²) in [6.07, 6.45) is -6.76. The van der Waals surface area contributed by atoms with E-state index in [9.17, 15) is 37.1 Å². The summed E-state index contributed by atoms with van der Waals surface area (Å²) in [5.74, 6) is -3.54. The molecule has 0 saturated carbocycles. The van der Waals surface area contributed by atoms with Crippen molar-refractivity contribution < 1.29 is 37.1 Å². The maximum absolute atomic E-state index is 13.5. The molecule has 0 spiro atoms. The van der Waals surface area contributed by atoms with Crippen LogP contribution in [-0.4, -0.2) is 71.0 Å². The number of amides is 3. The summed E-state index contributed by atoms with van der Waals surface area (Å²) in [7, 11) is 2.17. The number of nitrogens with zero attached hydrogens (tertiary/aromatic N) is 2. The standard InChI is InChI=1S/C28H36F4N4O4/c1-27(2,3)19-12-17(8-11-23(19)37)14-21(24(34)38)35(4)26(40)22(15-28(30,31)32)36(5)25(39)20(33)13-16-6-9-18(29)10-7-16/h6-12,20-22,37H,13-15,33H2,1-5H3,(H2,34,38)/t20-,21-,22?/m0/s1. The number of phenolic OH excluding ortho intramolecular Hbond substituents is 1. The zero-order chi connectivity index (χ0) is 30.6. The molecule has 0 aromatic heterocycles. The van der Waals surface area contributed by atoms with Crippen LogP contribution in [0.15, 0.2) is 42.5 Å². The first-order valence-electron chi connectivity index (χ1n) is 12.5. The fraction of sp³-hybridized carbons (Fsp3) is 0.464. The molecule has 0 bridgehead atoms. The molecule has 1 unspecified atom stereocenters. The van der Waals surface area contributed by atoms with Crippen molar-refractivity contribution in [3.05, 3.63) is 65.0 Å². The molecule has 5 N–H and O–H groups in total. The summed E-state index contributed by atoms with van der Waals surface area (Å²) in [6, 6.07) is 4.99. The van der Waals surface area contributed by atoms with E-state index in [4.69, 9.17) is 11.5 Å². The first-order chi connectivity index (χ1) is 18.3. The molecular weight excluding hydrogens is 532 g/mol. The average Bonchev–Trinajstić information content (AvgIpc) is 2.84. The van der Waals surface area contributed by atoms with E-state index >= 15 is 0 Å². The number of halogens is 4. The Balaban J connectivity index is 2.33. The molecule has 2 aromatic rings. The molecule has 2 rings (SSSR count). The van der Waals surface area contributed by atoms with Crippen molar-refractivity contribution in [1.82, 2.24) is 9.80 Å². The first kappa shape index (κ1) is 32.5. The number of rotatable bonds is 10. The maximum Gasteiger partial charge on any atom is 0.391 e. The highest BCUT2D eigenvalue weighted by molar-refractivity contribution is 5.92. The quantitative estimate of drug-likeness (QED) is 0.380. The van der Waals surface area contributed by atoms with Crippen LogP contribution in [-0.2, 0) is 32.6 Å². The largest absolute Gasteiger partial charge is 0.508 e. The molecule has 3 atom stereocenters. The number of likely N-dealkylation sites (N-methyl/N-ethyl adjacent to an activating group) is 2. The minimum absolute atomic E-state index is 0.0265. The van der Waals surface area contributed by atoms with Crippen molar-refractivity contribution >= 4 is 17.7 Å². The van der Waals surface area contributed by atoms with Gasteiger partial charge in [-0.3, -0.25) is 14.4 Å². The monoisotopic (exact) mass is 568 g/mol. The van der Waals surface area contributed by atoms with Gasteiger partial charge < -0.3 is 26.4 Å². The fourth-order valence-corrected chi connectivity index (χ4v) is 4.34. The Kier molecular flexibility index (Phi) is 10.3. The van der Waals surface area contributed by atoms with Gasteiger partial charge in [-0.05, 0) is 46.7 Å². The van der Waals surface area contributed by atoms with Crippen LogP contribution in [0.1, 0.15) is 43.9 Å². The van der Waals surface area contributed by atoms with Crippen molar-refractivity contribution in [2.45, 2.75) is 69.8 Å². The van der Waals surface area contributed by atoms with Gasteiger partial charge in [-0.25, -0.2) is 4.39 Å². The zero-order valence-corrected chi connectivity index (χ0v) is 23.1. The molecule has 0 heterocycles. The Morgan fingerprint density at radius 1 is 0.875 bits per heavy atom. The average molecular weight is 569 g/mol. The number of nitrogens with two attached hydrogens (primary N) is 2. The molecule has 8 nitrogen and oxygen atoms in total. The predicted molar refractivity (Wildman–Crippen MR) is 142 cm³/mol. The Hall–Kier alpha value is -3.67. The third kappa shape index (κ3) is 8.67. The molecule has 0 aliphatic heterocycles. The van der Waals surface area contributed by atoms with Gasteiger partial charge in [0.05, 0.1) is 12.5 Å². The van der Waals surface area contributed by atoms with Crippen LogP contribution in [0.2, 0.25) is 0 Å². The van der Waals surface area contributed by atoms with Crippen LogP contribution in [0, 0.1) is 5.82 Å². The highest BCUT2D eigenvalue weighted by atomic mass is 19.4. The van der Waals surface area contributed by atoms with Gasteiger partial charge in [-0.15, -0.1) is 0 Å². The number of aromatic hydroxyl groups is 1. The third-order valence-corrected chi connectivity index (χ3v) is 6.65. The van der Waals surface area contributed by atoms with Gasteiger partial charge in [0.1, 0.15) is 23.7 Å². The Bertz CT molecular complexity index is 1210. The summed E-state index contributed by atoms with van der Waals surface area (Å²) < 4.78 is 53.8. The molecule has 0 radical (unpaired) electrons. The highest BCUT2D eigenvalue weighted by Crippen LogP contribution is 2.32. The third-order valence-electron chi connectivity index (χ3n) is 6.65. The summed E-state index contributed by atoms with van der Waals surface area (Å²) in [6.45, 7) is 5.59. The topological polar surface area (TPSA) is 130 Å². The van der Waals surface area contributed by atoms with Crippen LogP contribution in [0.4, 0.5) is 17.6 Å². The van der Waals surface area contributed by atoms with Gasteiger partial charge >= 0.3 is 6.18 Å². The summed E-state index contributed by atoms with van der Waals surface area (Å²) in [5.41, 5.74) is 12.6. The Morgan fingerprint density at radius 2 is 1.40 bits per heavy atom. The minimum atomic E-state index is -4.84. The maximum atomic E-state index is 13.5. The van der Waals surface area contributed by atoms with Crippen molar-refractivity contribution in [2.24, 2.45) is 11.5 Å². The second-order valence-corrected chi connectivity index (χ2v) is 10.9. The van der Waals surface area contributed by atoms with E-state index in [2.05, 4.69) is 0 Å². The summed E-state index contributed by atoms with van der Waals surface area (Å²) in [5, 5.41) is 10.2. The van der Waals surface area contributed by atoms with Gasteiger partial charge in [0.25, 0.3) is 0 Å². The van der Waals surface area contributed by atoms with E-state index in [1.807, 2.05) is 20.8 Å². The van der Waals surface area contributed by atoms with Crippen molar-refractivity contribution in [1.29, 1.82) is 0 Å². The molecule has 3 amide bonds. The van der Waals surface area contributed by atoms with Gasteiger partial charge in [0, 0.05) is 20.5 Å². The van der Waals surface area contributed by atoms with Crippen molar-refractivity contribution in [2.75, 3.05) is 14.1 Å². The lowest BCUT2D eigenvalue weighted by Crippen LogP contribution is -2.57. The van der Waals surface area contributed by atoms with Gasteiger partial charge in [0.2, 0.25) is 17.7 Å². The van der Waals surface area contributed by atoms with E-state index < -0.39 is 59.7 Å². The molecule has 0 aliphatic rings. The van der Waals surface area contributed by atoms with Crippen LogP contribution < -0.4 is 11.5 Å². The van der Waals surface area contributed by atoms with Crippen molar-refractivity contribution in [3.8, 4) is 5.75 Å². The number of benzene rings is 2. The Labute approximate surface area is 230 Å². The van der Waals surface area contributed by atoms with Crippen LogP contribution in [0.25, 0.3) is 0 Å². The van der Waals surface area contributed by atoms with E-state index in [0.29, 0.717) is 21.6 Å². The second-order valence-electron chi connectivity index (χ2n) is 10.9. The number of carbonyl (C=O) groups excluding carboxylic acids is 3. The second kappa shape index (κ2) is 12.7. The number of hydrogen-bond acceptors (Lipinski definition) is 5. The van der Waals surface area contributed by atoms with E-state index in [1.165, 1.54) is 24.3 Å². The molecule has 0 aliphatic carbocycles. The molecular formula is C28H36F4N4O4. The Morgan fingerprint density at radius 3 is 1.90 bits per heavy atom. The van der Waals surface area contributed by atoms with Crippen LogP contribution in [0.5, 0.6) is 5.75 Å². The van der Waals surface area contributed by atoms with Gasteiger partial charge in [-0.2, -0.15) is 13.2 Å². The van der Waals surface area contributed by atoms with E-state index in [-0.39, 0.29) is 18.6 Å². The number of phenols is 1. The predicted octanol–water partition coefficient (Wildman–Crippen LogP) is 3.03. The zero-order valence-electron chi connectivity index (χ0n) is 23.1. The minimum Gasteiger partial charge on any atom is -0.508 e. The van der Waals surface area contributed by atoms with Crippen LogP contribution >= 0.6 is 0 Å². The van der Waals surface area contributed by atoms with Gasteiger partial charge in [0.15, 0.2) is 0 Å². The number of carbonyl (C=O) groups is 3. The molecule has 40 heavy (non-hydrogen) atoms. The highest BCUT2D eigenvalue weighted by Gasteiger charge is 2.42. The normalized spacial score (nSPS) is 14.2. The first-order valence-corrected chi connectivity index (χ1v) is 12.5. The number of hydrogen-bond donors (Lipinski definition) is 3. The SMILES string of the molecule is CN(C(=O)[C@@H](N)Cc1ccc(F)cc1)C(CC(F)(F)F)C(=O)N(C)[C@@H](Cc1ccc(O)c(C(C)(C)C)c1)C(N)=O. The number of alkyl halides is 3. The van der Waals surface area contributed by atoms with E-state index in [0.717, 1.165) is 31.1 Å². The fourth-order valence-electron chi connectivity index (χ4n) is 4.34. The summed E-state index contributed by atoms with van der Waals surface area (Å²) >= 11 is 0. The van der Waals surface area contributed by atoms with Gasteiger partial charge in [-0.1, -0.05) is 45.0 Å². The lowest BCUT2D eigenvalue weighted by molar-refractivity contribution is -0.166. The van der Waals surface area contributed by atoms with E-state index in [1.54, 1.807) is 6.07 Å². The molecule has 12 heteroatoms. The molecule has 220 valence electrons.